The predicted molar refractivity (Wildman–Crippen MR) is 101 cm³/mol. The SMILES string of the molecule is Cc1ccccc1CC(=O)N1CCN(C(=O)CNCC2CC2)CC1.Cl. The molecule has 25 heavy (non-hydrogen) atoms. The molecule has 138 valence electrons. The van der Waals surface area contributed by atoms with Crippen molar-refractivity contribution in [3.8, 4) is 0 Å². The van der Waals surface area contributed by atoms with Gasteiger partial charge >= 0.3 is 0 Å². The van der Waals surface area contributed by atoms with Gasteiger partial charge in [-0.25, -0.2) is 0 Å². The Morgan fingerprint density at radius 1 is 1.04 bits per heavy atom. The van der Waals surface area contributed by atoms with Gasteiger partial charge in [-0.2, -0.15) is 0 Å². The van der Waals surface area contributed by atoms with Gasteiger partial charge in [-0.15, -0.1) is 12.4 Å². The molecule has 1 saturated heterocycles. The van der Waals surface area contributed by atoms with Gasteiger partial charge in [0, 0.05) is 26.2 Å². The van der Waals surface area contributed by atoms with Crippen LogP contribution >= 0.6 is 12.4 Å². The van der Waals surface area contributed by atoms with E-state index in [1.165, 1.54) is 12.8 Å². The lowest BCUT2D eigenvalue weighted by atomic mass is 10.1. The summed E-state index contributed by atoms with van der Waals surface area (Å²) in [6.45, 7) is 5.98. The Morgan fingerprint density at radius 2 is 1.64 bits per heavy atom. The summed E-state index contributed by atoms with van der Waals surface area (Å²) in [7, 11) is 0. The fourth-order valence-electron chi connectivity index (χ4n) is 3.11. The van der Waals surface area contributed by atoms with Crippen LogP contribution < -0.4 is 5.32 Å². The highest BCUT2D eigenvalue weighted by molar-refractivity contribution is 5.85. The average molecular weight is 366 g/mol. The van der Waals surface area contributed by atoms with Crippen molar-refractivity contribution in [2.24, 2.45) is 5.92 Å². The van der Waals surface area contributed by atoms with Gasteiger partial charge in [0.2, 0.25) is 11.8 Å². The fourth-order valence-corrected chi connectivity index (χ4v) is 3.11. The highest BCUT2D eigenvalue weighted by atomic mass is 35.5. The topological polar surface area (TPSA) is 52.7 Å². The molecular formula is C19H28ClN3O2. The molecule has 0 bridgehead atoms. The Hall–Kier alpha value is -1.59. The third-order valence-electron chi connectivity index (χ3n) is 4.99. The van der Waals surface area contributed by atoms with Gasteiger partial charge in [0.05, 0.1) is 13.0 Å². The number of carbonyl (C=O) groups is 2. The lowest BCUT2D eigenvalue weighted by molar-refractivity contribution is -0.138. The molecule has 1 heterocycles. The lowest BCUT2D eigenvalue weighted by Crippen LogP contribution is -2.52. The first-order chi connectivity index (χ1) is 11.6. The summed E-state index contributed by atoms with van der Waals surface area (Å²) in [5.74, 6) is 1.10. The maximum absolute atomic E-state index is 12.5. The number of halogens is 1. The van der Waals surface area contributed by atoms with Crippen LogP contribution in [0.4, 0.5) is 0 Å². The van der Waals surface area contributed by atoms with E-state index in [9.17, 15) is 9.59 Å². The molecule has 5 nitrogen and oxygen atoms in total. The monoisotopic (exact) mass is 365 g/mol. The van der Waals surface area contributed by atoms with Crippen LogP contribution in [0.1, 0.15) is 24.0 Å². The van der Waals surface area contributed by atoms with Crippen LogP contribution in [0.3, 0.4) is 0 Å². The van der Waals surface area contributed by atoms with E-state index in [1.54, 1.807) is 0 Å². The molecule has 1 saturated carbocycles. The minimum absolute atomic E-state index is 0. The highest BCUT2D eigenvalue weighted by Crippen LogP contribution is 2.27. The van der Waals surface area contributed by atoms with E-state index >= 15 is 0 Å². The average Bonchev–Trinajstić information content (AvgIpc) is 3.41. The van der Waals surface area contributed by atoms with Crippen LogP contribution in [0.25, 0.3) is 0 Å². The van der Waals surface area contributed by atoms with Crippen molar-refractivity contribution < 1.29 is 9.59 Å². The van der Waals surface area contributed by atoms with Crippen molar-refractivity contribution in [2.75, 3.05) is 39.3 Å². The lowest BCUT2D eigenvalue weighted by Gasteiger charge is -2.35. The molecule has 1 aliphatic carbocycles. The van der Waals surface area contributed by atoms with E-state index in [1.807, 2.05) is 41.0 Å². The molecule has 1 aromatic rings. The zero-order valence-corrected chi connectivity index (χ0v) is 15.7. The maximum atomic E-state index is 12.5. The van der Waals surface area contributed by atoms with E-state index < -0.39 is 0 Å². The molecule has 1 N–H and O–H groups in total. The third-order valence-corrected chi connectivity index (χ3v) is 4.99. The molecule has 2 amide bonds. The Balaban J connectivity index is 0.00000225. The molecule has 3 rings (SSSR count). The number of benzene rings is 1. The van der Waals surface area contributed by atoms with Crippen LogP contribution in [0.15, 0.2) is 24.3 Å². The van der Waals surface area contributed by atoms with Crippen molar-refractivity contribution in [1.82, 2.24) is 15.1 Å². The highest BCUT2D eigenvalue weighted by Gasteiger charge is 2.25. The molecule has 1 aromatic carbocycles. The summed E-state index contributed by atoms with van der Waals surface area (Å²) in [5.41, 5.74) is 2.24. The van der Waals surface area contributed by atoms with Crippen molar-refractivity contribution in [1.29, 1.82) is 0 Å². The summed E-state index contributed by atoms with van der Waals surface area (Å²) in [5, 5.41) is 3.25. The van der Waals surface area contributed by atoms with Gasteiger partial charge in [0.1, 0.15) is 0 Å². The van der Waals surface area contributed by atoms with Crippen molar-refractivity contribution in [3.05, 3.63) is 35.4 Å². The first-order valence-electron chi connectivity index (χ1n) is 8.94. The molecule has 0 radical (unpaired) electrons. The van der Waals surface area contributed by atoms with E-state index in [2.05, 4.69) is 5.32 Å². The number of nitrogens with one attached hydrogen (secondary N) is 1. The number of hydrogen-bond donors (Lipinski definition) is 1. The van der Waals surface area contributed by atoms with Gasteiger partial charge in [-0.1, -0.05) is 24.3 Å². The number of rotatable bonds is 6. The Labute approximate surface area is 156 Å². The van der Waals surface area contributed by atoms with Crippen LogP contribution in [-0.2, 0) is 16.0 Å². The number of hydrogen-bond acceptors (Lipinski definition) is 3. The van der Waals surface area contributed by atoms with Gasteiger partial charge in [-0.05, 0) is 43.4 Å². The van der Waals surface area contributed by atoms with Gasteiger partial charge in [0.15, 0.2) is 0 Å². The molecule has 2 aliphatic rings. The molecule has 6 heteroatoms. The molecule has 0 unspecified atom stereocenters. The van der Waals surface area contributed by atoms with E-state index in [0.717, 1.165) is 23.6 Å². The Kier molecular flexibility index (Phi) is 7.26. The molecule has 0 spiro atoms. The van der Waals surface area contributed by atoms with Crippen LogP contribution in [-0.4, -0.2) is 60.9 Å². The summed E-state index contributed by atoms with van der Waals surface area (Å²) in [4.78, 5) is 28.4. The van der Waals surface area contributed by atoms with Crippen molar-refractivity contribution in [3.63, 3.8) is 0 Å². The summed E-state index contributed by atoms with van der Waals surface area (Å²) in [6.07, 6.45) is 3.04. The van der Waals surface area contributed by atoms with Gasteiger partial charge in [-0.3, -0.25) is 9.59 Å². The molecular weight excluding hydrogens is 338 g/mol. The van der Waals surface area contributed by atoms with Crippen molar-refractivity contribution >= 4 is 24.2 Å². The Bertz CT molecular complexity index is 596. The van der Waals surface area contributed by atoms with Crippen molar-refractivity contribution in [2.45, 2.75) is 26.2 Å². The summed E-state index contributed by atoms with van der Waals surface area (Å²) >= 11 is 0. The zero-order chi connectivity index (χ0) is 16.9. The number of carbonyl (C=O) groups excluding carboxylic acids is 2. The van der Waals surface area contributed by atoms with Gasteiger partial charge < -0.3 is 15.1 Å². The van der Waals surface area contributed by atoms with E-state index in [-0.39, 0.29) is 24.2 Å². The smallest absolute Gasteiger partial charge is 0.236 e. The quantitative estimate of drug-likeness (QED) is 0.833. The number of piperazine rings is 1. The first-order valence-corrected chi connectivity index (χ1v) is 8.94. The standard InChI is InChI=1S/C19H27N3O2.ClH/c1-15-4-2-3-5-17(15)12-18(23)21-8-10-22(11-9-21)19(24)14-20-13-16-6-7-16;/h2-5,16,20H,6-14H2,1H3;1H. The van der Waals surface area contributed by atoms with E-state index in [0.29, 0.717) is 39.1 Å². The summed E-state index contributed by atoms with van der Waals surface area (Å²) in [6, 6.07) is 8.01. The van der Waals surface area contributed by atoms with Gasteiger partial charge in [0.25, 0.3) is 0 Å². The Morgan fingerprint density at radius 3 is 2.24 bits per heavy atom. The molecule has 0 atom stereocenters. The third kappa shape index (κ3) is 5.72. The van der Waals surface area contributed by atoms with Crippen LogP contribution in [0, 0.1) is 12.8 Å². The minimum Gasteiger partial charge on any atom is -0.339 e. The zero-order valence-electron chi connectivity index (χ0n) is 14.9. The van der Waals surface area contributed by atoms with Crippen LogP contribution in [0.5, 0.6) is 0 Å². The number of aryl methyl sites for hydroxylation is 1. The molecule has 1 aliphatic heterocycles. The fraction of sp³-hybridized carbons (Fsp3) is 0.579. The second kappa shape index (κ2) is 9.20. The maximum Gasteiger partial charge on any atom is 0.236 e. The second-order valence-electron chi connectivity index (χ2n) is 6.94. The van der Waals surface area contributed by atoms with Crippen LogP contribution in [0.2, 0.25) is 0 Å². The second-order valence-corrected chi connectivity index (χ2v) is 6.94. The molecule has 0 aromatic heterocycles. The first kappa shape index (κ1) is 19.7. The molecule has 2 fully saturated rings. The minimum atomic E-state index is 0. The van der Waals surface area contributed by atoms with E-state index in [4.69, 9.17) is 0 Å². The number of amides is 2. The summed E-state index contributed by atoms with van der Waals surface area (Å²) < 4.78 is 0. The normalized spacial score (nSPS) is 17.2. The predicted octanol–water partition coefficient (Wildman–Crippen LogP) is 1.63. The largest absolute Gasteiger partial charge is 0.339 e. The number of nitrogens with zero attached hydrogens (tertiary/aromatic N) is 2.